The Morgan fingerprint density at radius 3 is 2.76 bits per heavy atom. The molecule has 0 radical (unpaired) electrons. The first-order valence-electron chi connectivity index (χ1n) is 13.0. The quantitative estimate of drug-likeness (QED) is 0.400. The molecule has 4 aromatic rings. The Bertz CT molecular complexity index is 1570. The summed E-state index contributed by atoms with van der Waals surface area (Å²) in [6, 6.07) is 15.8. The van der Waals surface area contributed by atoms with Crippen molar-refractivity contribution >= 4 is 33.5 Å². The van der Waals surface area contributed by atoms with Gasteiger partial charge >= 0.3 is 0 Å². The first-order valence-corrected chi connectivity index (χ1v) is 13.0. The number of H-pyrrole nitrogens is 1. The summed E-state index contributed by atoms with van der Waals surface area (Å²) >= 11 is 0. The number of likely N-dealkylation sites (tertiary alicyclic amines) is 1. The first kappa shape index (κ1) is 24.0. The Labute approximate surface area is 220 Å². The Kier molecular flexibility index (Phi) is 5.99. The number of benzene rings is 2. The number of methoxy groups -OCH3 is 1. The minimum Gasteiger partial charge on any atom is -0.496 e. The lowest BCUT2D eigenvalue weighted by Crippen LogP contribution is -2.46. The highest BCUT2D eigenvalue weighted by Gasteiger charge is 2.50. The molecule has 2 aliphatic rings. The molecule has 1 saturated heterocycles. The van der Waals surface area contributed by atoms with Gasteiger partial charge in [-0.2, -0.15) is 5.26 Å². The summed E-state index contributed by atoms with van der Waals surface area (Å²) in [7, 11) is 1.60. The van der Waals surface area contributed by atoms with E-state index >= 15 is 0 Å². The number of carbonyl (C=O) groups excluding carboxylic acids is 2. The van der Waals surface area contributed by atoms with E-state index in [1.807, 2.05) is 42.5 Å². The third kappa shape index (κ3) is 4.04. The fourth-order valence-corrected chi connectivity index (χ4v) is 6.35. The monoisotopic (exact) mass is 507 g/mol. The van der Waals surface area contributed by atoms with Gasteiger partial charge in [-0.3, -0.25) is 14.6 Å². The van der Waals surface area contributed by atoms with E-state index in [-0.39, 0.29) is 17.2 Å². The first-order chi connectivity index (χ1) is 18.5. The van der Waals surface area contributed by atoms with Gasteiger partial charge in [0.25, 0.3) is 5.91 Å². The van der Waals surface area contributed by atoms with Crippen LogP contribution in [0.5, 0.6) is 5.75 Å². The number of ether oxygens (including phenoxy) is 1. The molecular formula is C30H29N5O3. The smallest absolute Gasteiger partial charge is 0.271 e. The number of pyridine rings is 1. The molecule has 2 atom stereocenters. The van der Waals surface area contributed by atoms with Crippen molar-refractivity contribution in [2.75, 3.05) is 13.7 Å². The number of nitriles is 1. The second-order valence-electron chi connectivity index (χ2n) is 10.5. The van der Waals surface area contributed by atoms with Crippen molar-refractivity contribution in [1.82, 2.24) is 20.2 Å². The lowest BCUT2D eigenvalue weighted by molar-refractivity contribution is -0.125. The highest BCUT2D eigenvalue weighted by Crippen LogP contribution is 2.48. The van der Waals surface area contributed by atoms with Gasteiger partial charge in [-0.05, 0) is 48.3 Å². The van der Waals surface area contributed by atoms with Crippen molar-refractivity contribution in [3.05, 3.63) is 72.2 Å². The van der Waals surface area contributed by atoms with E-state index in [2.05, 4.69) is 21.4 Å². The van der Waals surface area contributed by atoms with Crippen molar-refractivity contribution in [3.63, 3.8) is 0 Å². The number of rotatable bonds is 5. The molecule has 6 rings (SSSR count). The van der Waals surface area contributed by atoms with E-state index in [9.17, 15) is 14.9 Å². The zero-order chi connectivity index (χ0) is 26.3. The molecule has 2 amide bonds. The molecule has 192 valence electrons. The van der Waals surface area contributed by atoms with E-state index < -0.39 is 12.1 Å². The zero-order valence-electron chi connectivity index (χ0n) is 21.2. The number of nitrogens with zero attached hydrogens (tertiary/aromatic N) is 3. The molecule has 8 nitrogen and oxygen atoms in total. The van der Waals surface area contributed by atoms with Crippen molar-refractivity contribution in [2.24, 2.45) is 5.41 Å². The van der Waals surface area contributed by atoms with Gasteiger partial charge in [-0.25, -0.2) is 0 Å². The third-order valence-corrected chi connectivity index (χ3v) is 8.24. The number of fused-ring (bicyclic) bond motifs is 2. The number of carbonyl (C=O) groups is 2. The van der Waals surface area contributed by atoms with Crippen LogP contribution in [0, 0.1) is 16.7 Å². The Balaban J connectivity index is 1.31. The number of aromatic amines is 1. The maximum Gasteiger partial charge on any atom is 0.271 e. The molecule has 38 heavy (non-hydrogen) atoms. The number of aromatic nitrogens is 2. The molecule has 2 aromatic carbocycles. The number of hydrogen-bond donors (Lipinski definition) is 2. The molecule has 2 fully saturated rings. The summed E-state index contributed by atoms with van der Waals surface area (Å²) in [6.07, 6.45) is 8.16. The summed E-state index contributed by atoms with van der Waals surface area (Å²) in [5.74, 6) is 0.157. The number of nitrogens with one attached hydrogen (secondary N) is 2. The molecule has 2 N–H and O–H groups in total. The molecular weight excluding hydrogens is 478 g/mol. The second kappa shape index (κ2) is 9.49. The summed E-state index contributed by atoms with van der Waals surface area (Å²) in [5, 5.41) is 15.6. The van der Waals surface area contributed by atoms with Crippen LogP contribution in [0.25, 0.3) is 21.7 Å². The van der Waals surface area contributed by atoms with Gasteiger partial charge in [0.05, 0.1) is 13.2 Å². The minimum atomic E-state index is -0.879. The van der Waals surface area contributed by atoms with Crippen LogP contribution in [0.2, 0.25) is 0 Å². The number of amides is 2. The fraction of sp³-hybridized carbons (Fsp3) is 0.333. The zero-order valence-corrected chi connectivity index (χ0v) is 21.2. The molecule has 2 unspecified atom stereocenters. The molecule has 1 saturated carbocycles. The summed E-state index contributed by atoms with van der Waals surface area (Å²) in [6.45, 7) is 0.531. The van der Waals surface area contributed by atoms with Crippen molar-refractivity contribution in [1.29, 1.82) is 5.26 Å². The van der Waals surface area contributed by atoms with Gasteiger partial charge < -0.3 is 19.9 Å². The SMILES string of the molecule is COc1cccc2[nH]c(C(=O)N3CC4(CCCC4)CC3C(=O)NC(C#N)c3cncc4ccccc34)cc12. The van der Waals surface area contributed by atoms with Gasteiger partial charge in [0.2, 0.25) is 5.91 Å². The van der Waals surface area contributed by atoms with E-state index in [0.29, 0.717) is 30.0 Å². The van der Waals surface area contributed by atoms with Gasteiger partial charge in [0, 0.05) is 40.8 Å². The molecule has 1 aliphatic carbocycles. The topological polar surface area (TPSA) is 111 Å². The predicted molar refractivity (Wildman–Crippen MR) is 143 cm³/mol. The van der Waals surface area contributed by atoms with Crippen LogP contribution in [-0.2, 0) is 4.79 Å². The summed E-state index contributed by atoms with van der Waals surface area (Å²) < 4.78 is 5.47. The van der Waals surface area contributed by atoms with Gasteiger partial charge in [-0.1, -0.05) is 43.2 Å². The van der Waals surface area contributed by atoms with Crippen LogP contribution in [0.3, 0.4) is 0 Å². The maximum absolute atomic E-state index is 13.9. The highest BCUT2D eigenvalue weighted by atomic mass is 16.5. The highest BCUT2D eigenvalue weighted by molar-refractivity contribution is 6.02. The number of hydrogen-bond acceptors (Lipinski definition) is 5. The molecule has 1 aliphatic heterocycles. The summed E-state index contributed by atoms with van der Waals surface area (Å²) in [5.41, 5.74) is 1.81. The second-order valence-corrected chi connectivity index (χ2v) is 10.5. The molecule has 2 aromatic heterocycles. The van der Waals surface area contributed by atoms with Crippen LogP contribution in [0.1, 0.15) is 54.2 Å². The summed E-state index contributed by atoms with van der Waals surface area (Å²) in [4.78, 5) is 36.8. The Hall–Kier alpha value is -4.38. The standard InChI is InChI=1S/C30H29N5O3/c1-38-27-10-6-9-23-21(27)13-24(33-23)29(37)35-18-30(11-4-5-12-30)14-26(35)28(36)34-25(15-31)22-17-32-16-19-7-2-3-8-20(19)22/h2-3,6-10,13,16-17,25-26,33H,4-5,11-12,14,18H2,1H3,(H,34,36). The van der Waals surface area contributed by atoms with Crippen LogP contribution < -0.4 is 10.1 Å². The normalized spacial score (nSPS) is 19.1. The van der Waals surface area contributed by atoms with Crippen molar-refractivity contribution in [2.45, 2.75) is 44.2 Å². The maximum atomic E-state index is 13.9. The Morgan fingerprint density at radius 1 is 1.16 bits per heavy atom. The van der Waals surface area contributed by atoms with Gasteiger partial charge in [-0.15, -0.1) is 0 Å². The van der Waals surface area contributed by atoms with E-state index in [1.54, 1.807) is 30.5 Å². The van der Waals surface area contributed by atoms with E-state index in [1.165, 1.54) is 0 Å². The third-order valence-electron chi connectivity index (χ3n) is 8.24. The minimum absolute atomic E-state index is 0.0650. The molecule has 8 heteroatoms. The lowest BCUT2D eigenvalue weighted by atomic mass is 9.84. The molecule has 0 bridgehead atoms. The molecule has 1 spiro atoms. The van der Waals surface area contributed by atoms with Gasteiger partial charge in [0.15, 0.2) is 0 Å². The Morgan fingerprint density at radius 2 is 1.97 bits per heavy atom. The van der Waals surface area contributed by atoms with Crippen LogP contribution >= 0.6 is 0 Å². The average molecular weight is 508 g/mol. The van der Waals surface area contributed by atoms with Crippen LogP contribution in [-0.4, -0.2) is 46.4 Å². The van der Waals surface area contributed by atoms with E-state index in [4.69, 9.17) is 4.74 Å². The predicted octanol–water partition coefficient (Wildman–Crippen LogP) is 4.88. The van der Waals surface area contributed by atoms with Gasteiger partial charge in [0.1, 0.15) is 23.5 Å². The lowest BCUT2D eigenvalue weighted by Gasteiger charge is -2.25. The van der Waals surface area contributed by atoms with E-state index in [0.717, 1.165) is 47.4 Å². The largest absolute Gasteiger partial charge is 0.496 e. The van der Waals surface area contributed by atoms with Crippen LogP contribution in [0.15, 0.2) is 60.9 Å². The fourth-order valence-electron chi connectivity index (χ4n) is 6.35. The van der Waals surface area contributed by atoms with Crippen LogP contribution in [0.4, 0.5) is 0 Å². The van der Waals surface area contributed by atoms with Crippen molar-refractivity contribution < 1.29 is 14.3 Å². The van der Waals surface area contributed by atoms with Crippen molar-refractivity contribution in [3.8, 4) is 11.8 Å². The molecule has 3 heterocycles. The average Bonchev–Trinajstić information content (AvgIpc) is 3.69.